The number of carbonyl (C=O) groups is 2. The third-order valence-corrected chi connectivity index (χ3v) is 2.98. The number of aromatic nitrogens is 1. The van der Waals surface area contributed by atoms with Crippen molar-refractivity contribution in [3.05, 3.63) is 34.3 Å². The molecule has 0 aliphatic rings. The maximum atomic E-state index is 11.7. The fraction of sp³-hybridized carbons (Fsp3) is 0.182. The van der Waals surface area contributed by atoms with Gasteiger partial charge >= 0.3 is 12.0 Å². The van der Waals surface area contributed by atoms with Crippen LogP contribution in [0.4, 0.5) is 6.01 Å². The van der Waals surface area contributed by atoms with Crippen LogP contribution in [0.2, 0.25) is 0 Å². The Kier molecular flexibility index (Phi) is 3.73. The lowest BCUT2D eigenvalue weighted by Gasteiger charge is -1.96. The van der Waals surface area contributed by atoms with Gasteiger partial charge in [-0.05, 0) is 11.4 Å². The second-order valence-electron chi connectivity index (χ2n) is 3.47. The van der Waals surface area contributed by atoms with Crippen molar-refractivity contribution in [2.45, 2.75) is 12.8 Å². The molecule has 0 aliphatic carbocycles. The lowest BCUT2D eigenvalue weighted by Crippen LogP contribution is -2.10. The highest BCUT2D eigenvalue weighted by Crippen LogP contribution is 2.13. The fourth-order valence-corrected chi connectivity index (χ4v) is 1.90. The van der Waals surface area contributed by atoms with E-state index in [-0.39, 0.29) is 24.8 Å². The van der Waals surface area contributed by atoms with Crippen LogP contribution in [0.25, 0.3) is 0 Å². The van der Waals surface area contributed by atoms with E-state index in [9.17, 15) is 9.59 Å². The minimum atomic E-state index is -0.901. The van der Waals surface area contributed by atoms with E-state index in [2.05, 4.69) is 10.3 Å². The van der Waals surface area contributed by atoms with E-state index in [1.54, 1.807) is 17.5 Å². The van der Waals surface area contributed by atoms with Gasteiger partial charge in [0.15, 0.2) is 0 Å². The van der Waals surface area contributed by atoms with E-state index < -0.39 is 5.97 Å². The highest BCUT2D eigenvalue weighted by atomic mass is 32.1. The number of nitrogens with one attached hydrogen (secondary N) is 1. The molecule has 1 amide bonds. The zero-order chi connectivity index (χ0) is 13.0. The van der Waals surface area contributed by atoms with Gasteiger partial charge in [0.05, 0.1) is 17.0 Å². The third-order valence-electron chi connectivity index (χ3n) is 2.11. The van der Waals surface area contributed by atoms with Crippen molar-refractivity contribution >= 4 is 29.2 Å². The molecule has 94 valence electrons. The number of hydrogen-bond acceptors (Lipinski definition) is 5. The number of oxazole rings is 1. The molecule has 0 saturated heterocycles. The fourth-order valence-electron chi connectivity index (χ4n) is 1.28. The van der Waals surface area contributed by atoms with Gasteiger partial charge in [-0.1, -0.05) is 6.07 Å². The average Bonchev–Trinajstić information content (AvgIpc) is 2.97. The molecule has 0 aliphatic heterocycles. The van der Waals surface area contributed by atoms with Gasteiger partial charge in [0.25, 0.3) is 5.91 Å². The number of anilines is 1. The molecule has 0 saturated carbocycles. The average molecular weight is 266 g/mol. The lowest BCUT2D eigenvalue weighted by atomic mass is 10.2. The van der Waals surface area contributed by atoms with Crippen LogP contribution in [0.1, 0.15) is 21.8 Å². The van der Waals surface area contributed by atoms with Crippen molar-refractivity contribution in [3.63, 3.8) is 0 Å². The highest BCUT2D eigenvalue weighted by Gasteiger charge is 2.11. The van der Waals surface area contributed by atoms with Gasteiger partial charge in [0, 0.05) is 6.42 Å². The second-order valence-corrected chi connectivity index (χ2v) is 4.42. The first-order chi connectivity index (χ1) is 8.65. The van der Waals surface area contributed by atoms with Crippen LogP contribution >= 0.6 is 11.3 Å². The summed E-state index contributed by atoms with van der Waals surface area (Å²) in [5.74, 6) is -1.20. The number of aryl methyl sites for hydroxylation is 1. The number of thiophene rings is 1. The molecule has 6 nitrogen and oxygen atoms in total. The number of carbonyl (C=O) groups excluding carboxylic acids is 1. The summed E-state index contributed by atoms with van der Waals surface area (Å²) in [6.45, 7) is 0. The SMILES string of the molecule is O=C(O)CCc1coc(NC(=O)c2cccs2)n1. The van der Waals surface area contributed by atoms with Crippen molar-refractivity contribution in [1.29, 1.82) is 0 Å². The summed E-state index contributed by atoms with van der Waals surface area (Å²) in [4.78, 5) is 26.6. The van der Waals surface area contributed by atoms with Crippen LogP contribution in [0.5, 0.6) is 0 Å². The molecule has 2 rings (SSSR count). The molecular formula is C11H10N2O4S. The predicted octanol–water partition coefficient (Wildman–Crippen LogP) is 2.01. The zero-order valence-electron chi connectivity index (χ0n) is 9.25. The van der Waals surface area contributed by atoms with Crippen LogP contribution in [0.3, 0.4) is 0 Å². The number of hydrogen-bond donors (Lipinski definition) is 2. The van der Waals surface area contributed by atoms with E-state index in [0.29, 0.717) is 10.6 Å². The largest absolute Gasteiger partial charge is 0.481 e. The Morgan fingerprint density at radius 3 is 3.00 bits per heavy atom. The molecule has 0 bridgehead atoms. The van der Waals surface area contributed by atoms with Crippen molar-refractivity contribution in [3.8, 4) is 0 Å². The van der Waals surface area contributed by atoms with Crippen molar-refractivity contribution in [2.75, 3.05) is 5.32 Å². The normalized spacial score (nSPS) is 10.2. The molecule has 0 fully saturated rings. The molecule has 0 unspecified atom stereocenters. The molecule has 7 heteroatoms. The van der Waals surface area contributed by atoms with Crippen LogP contribution in [-0.2, 0) is 11.2 Å². The molecule has 2 heterocycles. The third kappa shape index (κ3) is 3.17. The van der Waals surface area contributed by atoms with Crippen LogP contribution in [0.15, 0.2) is 28.2 Å². The molecule has 2 N–H and O–H groups in total. The predicted molar refractivity (Wildman–Crippen MR) is 64.7 cm³/mol. The first kappa shape index (κ1) is 12.3. The first-order valence-electron chi connectivity index (χ1n) is 5.16. The number of carboxylic acids is 1. The van der Waals surface area contributed by atoms with Crippen LogP contribution < -0.4 is 5.32 Å². The monoisotopic (exact) mass is 266 g/mol. The van der Waals surface area contributed by atoms with Gasteiger partial charge < -0.3 is 9.52 Å². The lowest BCUT2D eigenvalue weighted by molar-refractivity contribution is -0.136. The first-order valence-corrected chi connectivity index (χ1v) is 6.04. The van der Waals surface area contributed by atoms with E-state index >= 15 is 0 Å². The molecule has 0 spiro atoms. The van der Waals surface area contributed by atoms with Crippen LogP contribution in [-0.4, -0.2) is 22.0 Å². The summed E-state index contributed by atoms with van der Waals surface area (Å²) in [6, 6.07) is 3.54. The Morgan fingerprint density at radius 2 is 2.33 bits per heavy atom. The number of nitrogens with zero attached hydrogens (tertiary/aromatic N) is 1. The molecule has 0 atom stereocenters. The number of amides is 1. The quantitative estimate of drug-likeness (QED) is 0.863. The van der Waals surface area contributed by atoms with Gasteiger partial charge in [-0.3, -0.25) is 14.9 Å². The van der Waals surface area contributed by atoms with Crippen molar-refractivity contribution in [2.24, 2.45) is 0 Å². The number of carboxylic acid groups (broad SMARTS) is 1. The van der Waals surface area contributed by atoms with Crippen molar-refractivity contribution in [1.82, 2.24) is 4.98 Å². The van der Waals surface area contributed by atoms with Gasteiger partial charge in [0.2, 0.25) is 0 Å². The molecule has 2 aromatic rings. The smallest absolute Gasteiger partial charge is 0.303 e. The topological polar surface area (TPSA) is 92.4 Å². The summed E-state index contributed by atoms with van der Waals surface area (Å²) in [5, 5.41) is 12.8. The van der Waals surface area contributed by atoms with Gasteiger partial charge in [-0.2, -0.15) is 4.98 Å². The standard InChI is InChI=1S/C11H10N2O4S/c14-9(15)4-3-7-6-17-11(12-7)13-10(16)8-2-1-5-18-8/h1-2,5-6H,3-4H2,(H,14,15)(H,12,13,16). The van der Waals surface area contributed by atoms with Gasteiger partial charge in [-0.15, -0.1) is 11.3 Å². The Labute approximate surface area is 106 Å². The molecular weight excluding hydrogens is 256 g/mol. The Hall–Kier alpha value is -2.15. The number of aliphatic carboxylic acids is 1. The molecule has 18 heavy (non-hydrogen) atoms. The number of rotatable bonds is 5. The summed E-state index contributed by atoms with van der Waals surface area (Å²) >= 11 is 1.31. The minimum Gasteiger partial charge on any atom is -0.481 e. The Balaban J connectivity index is 1.94. The van der Waals surface area contributed by atoms with Crippen molar-refractivity contribution < 1.29 is 19.1 Å². The summed E-state index contributed by atoms with van der Waals surface area (Å²) in [5.41, 5.74) is 0.499. The van der Waals surface area contributed by atoms with Gasteiger partial charge in [-0.25, -0.2) is 0 Å². The summed E-state index contributed by atoms with van der Waals surface area (Å²) in [7, 11) is 0. The van der Waals surface area contributed by atoms with Crippen LogP contribution in [0, 0.1) is 0 Å². The maximum Gasteiger partial charge on any atom is 0.303 e. The Bertz CT molecular complexity index is 547. The second kappa shape index (κ2) is 5.46. The summed E-state index contributed by atoms with van der Waals surface area (Å²) in [6.07, 6.45) is 1.59. The molecule has 0 aromatic carbocycles. The van der Waals surface area contributed by atoms with E-state index in [1.165, 1.54) is 17.6 Å². The van der Waals surface area contributed by atoms with E-state index in [1.807, 2.05) is 0 Å². The molecule has 0 radical (unpaired) electrons. The molecule has 2 aromatic heterocycles. The minimum absolute atomic E-state index is 0.0230. The Morgan fingerprint density at radius 1 is 1.50 bits per heavy atom. The highest BCUT2D eigenvalue weighted by molar-refractivity contribution is 7.12. The maximum absolute atomic E-state index is 11.7. The zero-order valence-corrected chi connectivity index (χ0v) is 10.1. The van der Waals surface area contributed by atoms with E-state index in [4.69, 9.17) is 9.52 Å². The van der Waals surface area contributed by atoms with Gasteiger partial charge in [0.1, 0.15) is 6.26 Å². The summed E-state index contributed by atoms with van der Waals surface area (Å²) < 4.78 is 5.03. The van der Waals surface area contributed by atoms with E-state index in [0.717, 1.165) is 0 Å².